The van der Waals surface area contributed by atoms with Crippen molar-refractivity contribution in [3.8, 4) is 23.1 Å². The normalized spacial score (nSPS) is 11.5. The van der Waals surface area contributed by atoms with Gasteiger partial charge >= 0.3 is 0 Å². The van der Waals surface area contributed by atoms with Gasteiger partial charge in [0.2, 0.25) is 0 Å². The quantitative estimate of drug-likeness (QED) is 0.178. The summed E-state index contributed by atoms with van der Waals surface area (Å²) in [5.74, 6) is 0.628. The van der Waals surface area contributed by atoms with Gasteiger partial charge < -0.3 is 4.57 Å². The highest BCUT2D eigenvalue weighted by Crippen LogP contribution is 2.39. The van der Waals surface area contributed by atoms with Gasteiger partial charge in [-0.15, -0.1) is 0 Å². The maximum absolute atomic E-state index is 10.0. The Morgan fingerprint density at radius 3 is 1.51 bits per heavy atom. The Bertz CT molecular complexity index is 3580. The van der Waals surface area contributed by atoms with E-state index in [0.717, 1.165) is 86.9 Å². The van der Waals surface area contributed by atoms with Gasteiger partial charge in [0.25, 0.3) is 0 Å². The van der Waals surface area contributed by atoms with Crippen molar-refractivity contribution < 1.29 is 0 Å². The molecule has 3 heterocycles. The highest BCUT2D eigenvalue weighted by molar-refractivity contribution is 6.21. The number of fused-ring (bicyclic) bond motifs is 22. The van der Waals surface area contributed by atoms with Crippen LogP contribution in [0, 0.1) is 11.3 Å². The molecule has 0 unspecified atom stereocenters. The van der Waals surface area contributed by atoms with Crippen molar-refractivity contribution in [2.24, 2.45) is 0 Å². The minimum absolute atomic E-state index is 0.615. The molecule has 0 aliphatic heterocycles. The number of benzene rings is 8. The van der Waals surface area contributed by atoms with Crippen molar-refractivity contribution in [2.75, 3.05) is 0 Å². The Balaban J connectivity index is 1.36. The topological polar surface area (TPSA) is 67.4 Å². The van der Waals surface area contributed by atoms with Crippen LogP contribution in [0.1, 0.15) is 5.56 Å². The Morgan fingerprint density at radius 2 is 0.895 bits per heavy atom. The average molecular weight is 726 g/mol. The summed E-state index contributed by atoms with van der Waals surface area (Å²) in [7, 11) is 0. The van der Waals surface area contributed by atoms with Crippen LogP contribution in [0.2, 0.25) is 0 Å². The lowest BCUT2D eigenvalue weighted by Crippen LogP contribution is -1.94. The van der Waals surface area contributed by atoms with Gasteiger partial charge in [-0.1, -0.05) is 127 Å². The molecule has 0 amide bonds. The molecule has 5 nitrogen and oxygen atoms in total. The summed E-state index contributed by atoms with van der Waals surface area (Å²) in [6.45, 7) is 0. The van der Waals surface area contributed by atoms with Crippen molar-refractivity contribution in [1.82, 2.24) is 19.5 Å². The summed E-state index contributed by atoms with van der Waals surface area (Å²) in [4.78, 5) is 15.2. The smallest absolute Gasteiger partial charge is 0.164 e. The van der Waals surface area contributed by atoms with E-state index < -0.39 is 0 Å². The van der Waals surface area contributed by atoms with E-state index >= 15 is 0 Å². The summed E-state index contributed by atoms with van der Waals surface area (Å²) in [5, 5.41) is 22.7. The van der Waals surface area contributed by atoms with Crippen LogP contribution in [0.5, 0.6) is 0 Å². The van der Waals surface area contributed by atoms with Crippen LogP contribution >= 0.6 is 0 Å². The third-order valence-electron chi connectivity index (χ3n) is 11.0. The molecule has 0 saturated heterocycles. The summed E-state index contributed by atoms with van der Waals surface area (Å²) in [5.41, 5.74) is 5.91. The molecule has 0 radical (unpaired) electrons. The number of para-hydroxylation sites is 1. The van der Waals surface area contributed by atoms with Crippen LogP contribution in [-0.2, 0) is 0 Å². The maximum atomic E-state index is 10.0. The molecule has 11 rings (SSSR count). The fraction of sp³-hybridized carbons (Fsp3) is 0. The molecular weight excluding hydrogens is 695 g/mol. The Labute approximate surface area is 327 Å². The largest absolute Gasteiger partial charge is 0.309 e. The summed E-state index contributed by atoms with van der Waals surface area (Å²) < 4.78 is 2.31. The summed E-state index contributed by atoms with van der Waals surface area (Å²) >= 11 is 0. The van der Waals surface area contributed by atoms with Crippen molar-refractivity contribution in [3.63, 3.8) is 0 Å². The van der Waals surface area contributed by atoms with E-state index in [0.29, 0.717) is 22.7 Å². The fourth-order valence-corrected chi connectivity index (χ4v) is 8.22. The zero-order chi connectivity index (χ0) is 37.9. The van der Waals surface area contributed by atoms with E-state index in [1.807, 2.05) is 48.5 Å². The molecule has 0 N–H and O–H groups in total. The first kappa shape index (κ1) is 32.5. The molecule has 8 aromatic carbocycles. The van der Waals surface area contributed by atoms with E-state index in [-0.39, 0.29) is 0 Å². The van der Waals surface area contributed by atoms with Crippen molar-refractivity contribution in [2.45, 2.75) is 0 Å². The van der Waals surface area contributed by atoms with Gasteiger partial charge in [0.15, 0.2) is 17.1 Å². The molecule has 0 aliphatic carbocycles. The van der Waals surface area contributed by atoms with Gasteiger partial charge in [-0.3, -0.25) is 0 Å². The van der Waals surface area contributed by atoms with Crippen LogP contribution in [-0.4, -0.2) is 19.5 Å². The first-order chi connectivity index (χ1) is 28.2. The molecule has 0 spiro atoms. The Hall–Kier alpha value is -7.94. The molecular formula is C52H31N5. The SMILES string of the molecule is N#Cc1ccc2c3cc4cc(c5cccc(c5)c5cccc(c5)c5nc(-c6ccccc6)nc(n5)c5cccc(c5)c5cccc4c5)c3n(-c3ccccc3)c2c1. The first-order valence-corrected chi connectivity index (χ1v) is 19.0. The number of nitriles is 1. The predicted octanol–water partition coefficient (Wildman–Crippen LogP) is 13.1. The third-order valence-corrected chi connectivity index (χ3v) is 11.0. The average Bonchev–Trinajstić information content (AvgIpc) is 3.62. The first-order valence-electron chi connectivity index (χ1n) is 19.0. The van der Waals surface area contributed by atoms with E-state index in [1.54, 1.807) is 0 Å². The monoisotopic (exact) mass is 725 g/mol. The molecule has 0 aliphatic rings. The van der Waals surface area contributed by atoms with Crippen molar-refractivity contribution in [1.29, 1.82) is 5.26 Å². The molecule has 0 fully saturated rings. The van der Waals surface area contributed by atoms with Gasteiger partial charge in [0, 0.05) is 38.2 Å². The van der Waals surface area contributed by atoms with Crippen LogP contribution in [0.3, 0.4) is 0 Å². The highest BCUT2D eigenvalue weighted by Gasteiger charge is 2.16. The molecule has 57 heavy (non-hydrogen) atoms. The highest BCUT2D eigenvalue weighted by atomic mass is 15.0. The Kier molecular flexibility index (Phi) is 7.48. The second-order valence-electron chi connectivity index (χ2n) is 14.4. The third kappa shape index (κ3) is 5.59. The number of hydrogen-bond donors (Lipinski definition) is 0. The molecule has 0 atom stereocenters. The van der Waals surface area contributed by atoms with Crippen LogP contribution < -0.4 is 0 Å². The van der Waals surface area contributed by atoms with Gasteiger partial charge in [-0.2, -0.15) is 5.26 Å². The maximum Gasteiger partial charge on any atom is 0.164 e. The van der Waals surface area contributed by atoms with Gasteiger partial charge in [0.1, 0.15) is 0 Å². The molecule has 3 aromatic heterocycles. The van der Waals surface area contributed by atoms with E-state index in [2.05, 4.69) is 150 Å². The number of aromatic nitrogens is 4. The van der Waals surface area contributed by atoms with E-state index in [4.69, 9.17) is 15.0 Å². The molecule has 0 saturated carbocycles. The van der Waals surface area contributed by atoms with Gasteiger partial charge in [-0.05, 0) is 98.4 Å². The molecule has 12 bridgehead atoms. The molecule has 264 valence electrons. The van der Waals surface area contributed by atoms with E-state index in [9.17, 15) is 5.26 Å². The fourth-order valence-electron chi connectivity index (χ4n) is 8.22. The summed E-state index contributed by atoms with van der Waals surface area (Å²) in [6.07, 6.45) is 0. The van der Waals surface area contributed by atoms with Gasteiger partial charge in [0.05, 0.1) is 22.7 Å². The van der Waals surface area contributed by atoms with Crippen LogP contribution in [0.25, 0.3) is 104 Å². The van der Waals surface area contributed by atoms with E-state index in [1.165, 1.54) is 0 Å². The Morgan fingerprint density at radius 1 is 0.386 bits per heavy atom. The number of rotatable bonds is 2. The van der Waals surface area contributed by atoms with Crippen molar-refractivity contribution in [3.05, 3.63) is 194 Å². The number of hydrogen-bond acceptors (Lipinski definition) is 4. The molecule has 5 heteroatoms. The van der Waals surface area contributed by atoms with Crippen molar-refractivity contribution >= 4 is 87.0 Å². The van der Waals surface area contributed by atoms with Gasteiger partial charge in [-0.25, -0.2) is 15.0 Å². The lowest BCUT2D eigenvalue weighted by Gasteiger charge is -2.10. The van der Waals surface area contributed by atoms with Crippen LogP contribution in [0.4, 0.5) is 0 Å². The summed E-state index contributed by atoms with van der Waals surface area (Å²) in [6, 6.07) is 68.1. The predicted molar refractivity (Wildman–Crippen MR) is 236 cm³/mol. The minimum atomic E-state index is 0.615. The standard InChI is InChI=1S/C52H31N5/c53-32-33-23-24-45-47-31-43-30-46(49(47)57(48(45)25-33)44-21-5-2-6-22-44)40-18-8-14-36(27-40)38-16-10-20-42(29-38)52-55-50(34-11-3-1-4-12-34)54-51(56-52)41-19-9-15-37(28-41)35-13-7-17-39(43)26-35/h1-31H. The zero-order valence-electron chi connectivity index (χ0n) is 30.6. The molecule has 11 aromatic rings. The van der Waals surface area contributed by atoms with Crippen LogP contribution in [0.15, 0.2) is 188 Å². The lowest BCUT2D eigenvalue weighted by atomic mass is 10.0. The minimum Gasteiger partial charge on any atom is -0.309 e. The second kappa shape index (κ2) is 13.1. The number of nitrogens with zero attached hydrogens (tertiary/aromatic N) is 5. The second-order valence-corrected chi connectivity index (χ2v) is 14.4. The zero-order valence-corrected chi connectivity index (χ0v) is 30.6. The lowest BCUT2D eigenvalue weighted by molar-refractivity contribution is 1.18.